The van der Waals surface area contributed by atoms with Crippen LogP contribution in [-0.4, -0.2) is 30.2 Å². The van der Waals surface area contributed by atoms with Crippen molar-refractivity contribution < 1.29 is 24.5 Å². The van der Waals surface area contributed by atoms with Gasteiger partial charge in [0.25, 0.3) is 0 Å². The molecule has 0 bridgehead atoms. The third-order valence-electron chi connectivity index (χ3n) is 5.24. The third kappa shape index (κ3) is 2.69. The average molecular weight is 342 g/mol. The lowest BCUT2D eigenvalue weighted by Crippen LogP contribution is -2.32. The average Bonchev–Trinajstić information content (AvgIpc) is 2.61. The Bertz CT molecular complexity index is 827. The molecule has 0 saturated heterocycles. The van der Waals surface area contributed by atoms with Gasteiger partial charge in [0.05, 0.1) is 14.2 Å². The maximum Gasteiger partial charge on any atom is 0.166 e. The zero-order chi connectivity index (χ0) is 18.3. The number of carbonyl (C=O) groups is 1. The number of ketones is 1. The van der Waals surface area contributed by atoms with Crippen molar-refractivity contribution in [3.05, 3.63) is 47.0 Å². The Morgan fingerprint density at radius 2 is 1.56 bits per heavy atom. The van der Waals surface area contributed by atoms with E-state index in [-0.39, 0.29) is 35.0 Å². The fraction of sp³-hybridized carbons (Fsp3) is 0.350. The molecule has 1 aliphatic carbocycles. The summed E-state index contributed by atoms with van der Waals surface area (Å²) < 4.78 is 10.5. The molecule has 2 aromatic rings. The van der Waals surface area contributed by atoms with Crippen LogP contribution in [0.4, 0.5) is 0 Å². The fourth-order valence-electron chi connectivity index (χ4n) is 3.65. The van der Waals surface area contributed by atoms with E-state index in [1.165, 1.54) is 20.3 Å². The van der Waals surface area contributed by atoms with Crippen LogP contribution in [0.25, 0.3) is 0 Å². The summed E-state index contributed by atoms with van der Waals surface area (Å²) in [5.41, 5.74) is 2.27. The third-order valence-corrected chi connectivity index (χ3v) is 5.24. The van der Waals surface area contributed by atoms with E-state index in [1.54, 1.807) is 18.2 Å². The van der Waals surface area contributed by atoms with E-state index in [2.05, 4.69) is 0 Å². The first kappa shape index (κ1) is 17.1. The van der Waals surface area contributed by atoms with Gasteiger partial charge in [-0.1, -0.05) is 19.9 Å². The van der Waals surface area contributed by atoms with Crippen LogP contribution < -0.4 is 9.47 Å². The van der Waals surface area contributed by atoms with Crippen molar-refractivity contribution in [3.63, 3.8) is 0 Å². The Hall–Kier alpha value is -2.69. The molecule has 0 aromatic heterocycles. The van der Waals surface area contributed by atoms with E-state index in [9.17, 15) is 15.0 Å². The summed E-state index contributed by atoms with van der Waals surface area (Å²) >= 11 is 0. The van der Waals surface area contributed by atoms with Crippen LogP contribution in [0.5, 0.6) is 23.0 Å². The number of methoxy groups -OCH3 is 2. The van der Waals surface area contributed by atoms with Gasteiger partial charge >= 0.3 is 0 Å². The molecule has 0 heterocycles. The van der Waals surface area contributed by atoms with Gasteiger partial charge in [-0.3, -0.25) is 4.79 Å². The molecule has 132 valence electrons. The highest BCUT2D eigenvalue weighted by atomic mass is 16.5. The van der Waals surface area contributed by atoms with Gasteiger partial charge in [0.15, 0.2) is 28.8 Å². The quantitative estimate of drug-likeness (QED) is 0.889. The minimum atomic E-state index is -0.190. The topological polar surface area (TPSA) is 76.0 Å². The Morgan fingerprint density at radius 1 is 0.920 bits per heavy atom. The van der Waals surface area contributed by atoms with Crippen molar-refractivity contribution in [1.29, 1.82) is 0 Å². The number of fused-ring (bicyclic) bond motifs is 1. The molecule has 0 radical (unpaired) electrons. The van der Waals surface area contributed by atoms with Crippen molar-refractivity contribution in [2.24, 2.45) is 11.8 Å². The summed E-state index contributed by atoms with van der Waals surface area (Å²) in [6.07, 6.45) is 0. The smallest absolute Gasteiger partial charge is 0.166 e. The van der Waals surface area contributed by atoms with Crippen LogP contribution in [0.15, 0.2) is 30.3 Å². The summed E-state index contributed by atoms with van der Waals surface area (Å²) in [5, 5.41) is 20.0. The summed E-state index contributed by atoms with van der Waals surface area (Å²) in [4.78, 5) is 12.7. The Kier molecular flexibility index (Phi) is 4.33. The van der Waals surface area contributed by atoms with Crippen LogP contribution in [0, 0.1) is 11.8 Å². The van der Waals surface area contributed by atoms with Gasteiger partial charge < -0.3 is 19.7 Å². The Morgan fingerprint density at radius 3 is 2.20 bits per heavy atom. The summed E-state index contributed by atoms with van der Waals surface area (Å²) in [5.74, 6) is 0.550. The summed E-state index contributed by atoms with van der Waals surface area (Å²) in [7, 11) is 2.99. The molecular weight excluding hydrogens is 320 g/mol. The van der Waals surface area contributed by atoms with Crippen molar-refractivity contribution in [2.45, 2.75) is 19.8 Å². The minimum absolute atomic E-state index is 0.0162. The van der Waals surface area contributed by atoms with Crippen LogP contribution in [0.3, 0.4) is 0 Å². The van der Waals surface area contributed by atoms with Gasteiger partial charge in [-0.05, 0) is 41.3 Å². The van der Waals surface area contributed by atoms with E-state index >= 15 is 0 Å². The predicted octanol–water partition coefficient (Wildman–Crippen LogP) is 3.72. The Balaban J connectivity index is 2.23. The van der Waals surface area contributed by atoms with E-state index in [1.807, 2.05) is 19.9 Å². The molecule has 3 atom stereocenters. The lowest BCUT2D eigenvalue weighted by molar-refractivity contribution is 0.0865. The Labute approximate surface area is 146 Å². The lowest BCUT2D eigenvalue weighted by Gasteiger charge is -2.36. The normalized spacial score (nSPS) is 22.4. The summed E-state index contributed by atoms with van der Waals surface area (Å²) in [6.45, 7) is 3.94. The number of phenols is 2. The van der Waals surface area contributed by atoms with E-state index in [4.69, 9.17) is 9.47 Å². The van der Waals surface area contributed by atoms with Gasteiger partial charge in [0.1, 0.15) is 0 Å². The van der Waals surface area contributed by atoms with Crippen molar-refractivity contribution in [3.8, 4) is 23.0 Å². The molecule has 5 nitrogen and oxygen atoms in total. The number of Topliss-reactive ketones (excluding diaryl/α,β-unsaturated/α-hetero) is 1. The maximum atomic E-state index is 12.7. The molecule has 25 heavy (non-hydrogen) atoms. The lowest BCUT2D eigenvalue weighted by atomic mass is 9.67. The highest BCUT2D eigenvalue weighted by Crippen LogP contribution is 2.47. The predicted molar refractivity (Wildman–Crippen MR) is 93.8 cm³/mol. The van der Waals surface area contributed by atoms with Gasteiger partial charge in [0.2, 0.25) is 0 Å². The van der Waals surface area contributed by atoms with E-state index in [0.29, 0.717) is 17.1 Å². The fourth-order valence-corrected chi connectivity index (χ4v) is 3.65. The van der Waals surface area contributed by atoms with Gasteiger partial charge in [-0.15, -0.1) is 0 Å². The first-order chi connectivity index (χ1) is 11.9. The number of carbonyl (C=O) groups excluding carboxylic acids is 1. The summed E-state index contributed by atoms with van der Waals surface area (Å²) in [6, 6.07) is 8.45. The second-order valence-electron chi connectivity index (χ2n) is 6.53. The number of phenolic OH excluding ortho intramolecular Hbond substituents is 2. The minimum Gasteiger partial charge on any atom is -0.504 e. The van der Waals surface area contributed by atoms with Gasteiger partial charge in [-0.25, -0.2) is 0 Å². The maximum absolute atomic E-state index is 12.7. The first-order valence-corrected chi connectivity index (χ1v) is 8.21. The van der Waals surface area contributed by atoms with Crippen molar-refractivity contribution in [2.75, 3.05) is 14.2 Å². The molecule has 2 aromatic carbocycles. The second kappa shape index (κ2) is 6.31. The second-order valence-corrected chi connectivity index (χ2v) is 6.53. The van der Waals surface area contributed by atoms with E-state index < -0.39 is 0 Å². The van der Waals surface area contributed by atoms with Crippen molar-refractivity contribution in [1.82, 2.24) is 0 Å². The number of hydrogen-bond donors (Lipinski definition) is 2. The monoisotopic (exact) mass is 342 g/mol. The van der Waals surface area contributed by atoms with Crippen LogP contribution in [0.2, 0.25) is 0 Å². The molecule has 0 aliphatic heterocycles. The van der Waals surface area contributed by atoms with Crippen LogP contribution in [0.1, 0.15) is 41.3 Å². The number of hydrogen-bond acceptors (Lipinski definition) is 5. The number of ether oxygens (including phenoxy) is 2. The SMILES string of the molecule is COc1cc(C2c3cc(OC)c(O)cc3C(=O)[C@@H](C)[C@H]2C)ccc1O. The molecule has 3 rings (SSSR count). The highest BCUT2D eigenvalue weighted by Gasteiger charge is 2.39. The molecule has 1 aliphatic rings. The molecule has 0 amide bonds. The largest absolute Gasteiger partial charge is 0.504 e. The molecule has 1 unspecified atom stereocenters. The molecule has 0 spiro atoms. The zero-order valence-corrected chi connectivity index (χ0v) is 14.7. The number of benzene rings is 2. The molecule has 5 heteroatoms. The molecule has 2 N–H and O–H groups in total. The number of aromatic hydroxyl groups is 2. The van der Waals surface area contributed by atoms with Crippen LogP contribution in [-0.2, 0) is 0 Å². The van der Waals surface area contributed by atoms with Gasteiger partial charge in [-0.2, -0.15) is 0 Å². The van der Waals surface area contributed by atoms with E-state index in [0.717, 1.165) is 11.1 Å². The van der Waals surface area contributed by atoms with Crippen LogP contribution >= 0.6 is 0 Å². The molecule has 0 fully saturated rings. The highest BCUT2D eigenvalue weighted by molar-refractivity contribution is 6.01. The van der Waals surface area contributed by atoms with Gasteiger partial charge in [0, 0.05) is 17.4 Å². The number of rotatable bonds is 3. The molecular formula is C20H22O5. The van der Waals surface area contributed by atoms with Crippen molar-refractivity contribution >= 4 is 5.78 Å². The standard InChI is InChI=1S/C20H22O5/c1-10-11(2)20(23)14-8-16(22)18(25-4)9-13(14)19(10)12-5-6-15(21)17(7-12)24-3/h5-11,19,21-22H,1-4H3/t10-,11+,19?/m1/s1. The molecule has 0 saturated carbocycles. The first-order valence-electron chi connectivity index (χ1n) is 8.21. The zero-order valence-electron chi connectivity index (χ0n) is 14.7.